The summed E-state index contributed by atoms with van der Waals surface area (Å²) < 4.78 is 29.1. The molecule has 44 heavy (non-hydrogen) atoms. The minimum Gasteiger partial charge on any atom is -0.352 e. The number of benzene rings is 4. The summed E-state index contributed by atoms with van der Waals surface area (Å²) in [6, 6.07) is 32.5. The maximum atomic E-state index is 14.5. The van der Waals surface area contributed by atoms with Crippen LogP contribution in [0.2, 0.25) is 5.02 Å². The van der Waals surface area contributed by atoms with Gasteiger partial charge in [0.15, 0.2) is 0 Å². The van der Waals surface area contributed by atoms with E-state index in [-0.39, 0.29) is 29.8 Å². The Morgan fingerprint density at radius 2 is 1.32 bits per heavy atom. The number of halogens is 1. The molecule has 2 amide bonds. The van der Waals surface area contributed by atoms with Crippen LogP contribution in [0.15, 0.2) is 120 Å². The molecule has 0 bridgehead atoms. The first kappa shape index (κ1) is 31.3. The van der Waals surface area contributed by atoms with Gasteiger partial charge in [0, 0.05) is 24.0 Å². The van der Waals surface area contributed by atoms with Gasteiger partial charge in [0.05, 0.1) is 10.6 Å². The zero-order valence-corrected chi connectivity index (χ0v) is 26.0. The van der Waals surface area contributed by atoms with Crippen LogP contribution >= 0.6 is 11.6 Å². The number of rotatable bonds is 12. The molecule has 1 fully saturated rings. The predicted molar refractivity (Wildman–Crippen MR) is 174 cm³/mol. The van der Waals surface area contributed by atoms with Gasteiger partial charge in [-0.25, -0.2) is 8.42 Å². The van der Waals surface area contributed by atoms with Crippen molar-refractivity contribution in [3.8, 4) is 0 Å². The molecule has 1 aliphatic rings. The van der Waals surface area contributed by atoms with Crippen molar-refractivity contribution in [3.05, 3.63) is 131 Å². The molecule has 7 nitrogen and oxygen atoms in total. The van der Waals surface area contributed by atoms with E-state index in [1.165, 1.54) is 17.0 Å². The van der Waals surface area contributed by atoms with Gasteiger partial charge in [-0.05, 0) is 60.4 Å². The van der Waals surface area contributed by atoms with Crippen LogP contribution in [-0.2, 0) is 32.6 Å². The lowest BCUT2D eigenvalue weighted by atomic mass is 10.0. The number of nitrogens with zero attached hydrogens (tertiary/aromatic N) is 2. The summed E-state index contributed by atoms with van der Waals surface area (Å²) in [5.74, 6) is -0.736. The van der Waals surface area contributed by atoms with Crippen LogP contribution in [0.3, 0.4) is 0 Å². The molecule has 1 unspecified atom stereocenters. The Morgan fingerprint density at radius 3 is 1.91 bits per heavy atom. The number of hydrogen-bond acceptors (Lipinski definition) is 4. The number of nitrogens with one attached hydrogen (secondary N) is 1. The van der Waals surface area contributed by atoms with E-state index in [1.54, 1.807) is 42.5 Å². The summed E-state index contributed by atoms with van der Waals surface area (Å²) in [6.45, 7) is -0.372. The van der Waals surface area contributed by atoms with Crippen LogP contribution < -0.4 is 9.62 Å². The molecule has 5 rings (SSSR count). The van der Waals surface area contributed by atoms with E-state index in [0.717, 1.165) is 41.1 Å². The first-order chi connectivity index (χ1) is 21.3. The van der Waals surface area contributed by atoms with Crippen molar-refractivity contribution in [1.82, 2.24) is 10.2 Å². The zero-order chi connectivity index (χ0) is 30.9. The van der Waals surface area contributed by atoms with Crippen LogP contribution in [-0.4, -0.2) is 43.8 Å². The van der Waals surface area contributed by atoms with Crippen LogP contribution in [0.25, 0.3) is 0 Å². The van der Waals surface area contributed by atoms with Gasteiger partial charge in [-0.15, -0.1) is 0 Å². The number of sulfonamides is 1. The molecular formula is C35H36ClN3O4S. The fourth-order valence-electron chi connectivity index (χ4n) is 5.56. The van der Waals surface area contributed by atoms with E-state index in [2.05, 4.69) is 5.32 Å². The SMILES string of the molecule is O=C(NC1CCCC1)C(Cc1ccccc1)N(Cc1ccccc1)C(=O)CN(c1ccc(Cl)cc1)S(=O)(=O)c1ccccc1. The standard InChI is InChI=1S/C35H36ClN3O4S/c36-29-20-22-31(23-21-29)39(44(42,43)32-18-8-3-9-19-32)26-34(40)38(25-28-14-6-2-7-15-28)33(24-27-12-4-1-5-13-27)35(41)37-30-16-10-11-17-30/h1-9,12-15,18-23,30,33H,10-11,16-17,24-26H2,(H,37,41). The molecule has 9 heteroatoms. The van der Waals surface area contributed by atoms with Gasteiger partial charge in [-0.3, -0.25) is 13.9 Å². The highest BCUT2D eigenvalue weighted by Gasteiger charge is 2.35. The fourth-order valence-corrected chi connectivity index (χ4v) is 7.12. The van der Waals surface area contributed by atoms with E-state index < -0.39 is 28.5 Å². The smallest absolute Gasteiger partial charge is 0.264 e. The van der Waals surface area contributed by atoms with Gasteiger partial charge < -0.3 is 10.2 Å². The number of amides is 2. The largest absolute Gasteiger partial charge is 0.352 e. The Hall–Kier alpha value is -4.14. The first-order valence-electron chi connectivity index (χ1n) is 14.8. The van der Waals surface area contributed by atoms with Crippen molar-refractivity contribution < 1.29 is 18.0 Å². The van der Waals surface area contributed by atoms with Crippen molar-refractivity contribution in [3.63, 3.8) is 0 Å². The fraction of sp³-hybridized carbons (Fsp3) is 0.257. The molecule has 0 aromatic heterocycles. The molecule has 4 aromatic rings. The molecule has 1 saturated carbocycles. The van der Waals surface area contributed by atoms with E-state index >= 15 is 0 Å². The maximum absolute atomic E-state index is 14.5. The molecule has 1 aliphatic carbocycles. The minimum atomic E-state index is -4.15. The molecule has 0 aliphatic heterocycles. The molecule has 1 N–H and O–H groups in total. The second kappa shape index (κ2) is 14.6. The lowest BCUT2D eigenvalue weighted by Gasteiger charge is -2.34. The van der Waals surface area contributed by atoms with E-state index in [4.69, 9.17) is 11.6 Å². The molecular weight excluding hydrogens is 594 g/mol. The van der Waals surface area contributed by atoms with Crippen LogP contribution in [0, 0.1) is 0 Å². The van der Waals surface area contributed by atoms with Crippen molar-refractivity contribution in [2.75, 3.05) is 10.8 Å². The quantitative estimate of drug-likeness (QED) is 0.201. The van der Waals surface area contributed by atoms with Crippen molar-refractivity contribution in [1.29, 1.82) is 0 Å². The molecule has 4 aromatic carbocycles. The topological polar surface area (TPSA) is 86.8 Å². The molecule has 0 heterocycles. The highest BCUT2D eigenvalue weighted by molar-refractivity contribution is 7.92. The third kappa shape index (κ3) is 7.87. The van der Waals surface area contributed by atoms with Crippen molar-refractivity contribution >= 4 is 39.1 Å². The Kier molecular flexibility index (Phi) is 10.4. The maximum Gasteiger partial charge on any atom is 0.264 e. The van der Waals surface area contributed by atoms with E-state index in [1.807, 2.05) is 60.7 Å². The normalized spacial score (nSPS) is 14.1. The molecule has 228 valence electrons. The average Bonchev–Trinajstić information content (AvgIpc) is 3.56. The lowest BCUT2D eigenvalue weighted by Crippen LogP contribution is -2.54. The number of anilines is 1. The molecule has 0 spiro atoms. The predicted octanol–water partition coefficient (Wildman–Crippen LogP) is 6.23. The van der Waals surface area contributed by atoms with Gasteiger partial charge in [0.25, 0.3) is 10.0 Å². The number of carbonyl (C=O) groups excluding carboxylic acids is 2. The molecule has 0 radical (unpaired) electrons. The van der Waals surface area contributed by atoms with Crippen molar-refractivity contribution in [2.45, 2.75) is 55.6 Å². The van der Waals surface area contributed by atoms with Crippen molar-refractivity contribution in [2.24, 2.45) is 0 Å². The summed E-state index contributed by atoms with van der Waals surface area (Å²) in [4.78, 5) is 30.0. The molecule has 0 saturated heterocycles. The zero-order valence-electron chi connectivity index (χ0n) is 24.4. The lowest BCUT2D eigenvalue weighted by molar-refractivity contribution is -0.140. The monoisotopic (exact) mass is 629 g/mol. The minimum absolute atomic E-state index is 0.0529. The Morgan fingerprint density at radius 1 is 0.773 bits per heavy atom. The Labute approximate surface area is 264 Å². The summed E-state index contributed by atoms with van der Waals surface area (Å²) in [5, 5.41) is 3.63. The molecule has 1 atom stereocenters. The first-order valence-corrected chi connectivity index (χ1v) is 16.6. The number of hydrogen-bond donors (Lipinski definition) is 1. The van der Waals surface area contributed by atoms with Crippen LogP contribution in [0.1, 0.15) is 36.8 Å². The third-order valence-corrected chi connectivity index (χ3v) is 9.93. The third-order valence-electron chi connectivity index (χ3n) is 7.89. The van der Waals surface area contributed by atoms with Gasteiger partial charge in [0.2, 0.25) is 11.8 Å². The summed E-state index contributed by atoms with van der Waals surface area (Å²) in [6.07, 6.45) is 4.18. The summed E-state index contributed by atoms with van der Waals surface area (Å²) in [7, 11) is -4.15. The average molecular weight is 630 g/mol. The van der Waals surface area contributed by atoms with Crippen LogP contribution in [0.4, 0.5) is 5.69 Å². The Bertz CT molecular complexity index is 1630. The van der Waals surface area contributed by atoms with E-state index in [0.29, 0.717) is 10.7 Å². The van der Waals surface area contributed by atoms with Crippen LogP contribution in [0.5, 0.6) is 0 Å². The highest BCUT2D eigenvalue weighted by atomic mass is 35.5. The van der Waals surface area contributed by atoms with Gasteiger partial charge in [0.1, 0.15) is 12.6 Å². The number of carbonyl (C=O) groups is 2. The van der Waals surface area contributed by atoms with Gasteiger partial charge >= 0.3 is 0 Å². The van der Waals surface area contributed by atoms with Gasteiger partial charge in [-0.2, -0.15) is 0 Å². The summed E-state index contributed by atoms with van der Waals surface area (Å²) in [5.41, 5.74) is 2.02. The second-order valence-corrected chi connectivity index (χ2v) is 13.3. The second-order valence-electron chi connectivity index (χ2n) is 11.0. The Balaban J connectivity index is 1.54. The summed E-state index contributed by atoms with van der Waals surface area (Å²) >= 11 is 6.13. The van der Waals surface area contributed by atoms with E-state index in [9.17, 15) is 18.0 Å². The highest BCUT2D eigenvalue weighted by Crippen LogP contribution is 2.27. The van der Waals surface area contributed by atoms with Gasteiger partial charge in [-0.1, -0.05) is 103 Å².